The second-order valence-electron chi connectivity index (χ2n) is 6.25. The summed E-state index contributed by atoms with van der Waals surface area (Å²) in [5, 5.41) is 9.05. The second-order valence-corrected chi connectivity index (χ2v) is 6.25. The standard InChI is InChI=1S/C15H27NO2/c1-12-5-4-7-13(9-8-12)16-10-3-2-6-14(16)11-15(17)18/h12-14H,2-11H2,1H3,(H,17,18). The zero-order chi connectivity index (χ0) is 13.0. The van der Waals surface area contributed by atoms with Gasteiger partial charge in [-0.2, -0.15) is 0 Å². The Morgan fingerprint density at radius 1 is 1.11 bits per heavy atom. The maximum atomic E-state index is 11.0. The van der Waals surface area contributed by atoms with Gasteiger partial charge in [0.2, 0.25) is 0 Å². The molecular formula is C15H27NO2. The van der Waals surface area contributed by atoms with Crippen LogP contribution in [0.25, 0.3) is 0 Å². The third kappa shape index (κ3) is 3.71. The fourth-order valence-electron chi connectivity index (χ4n) is 3.72. The van der Waals surface area contributed by atoms with Crippen molar-refractivity contribution in [1.82, 2.24) is 4.90 Å². The first-order valence-electron chi connectivity index (χ1n) is 7.64. The molecule has 0 aromatic carbocycles. The van der Waals surface area contributed by atoms with Gasteiger partial charge in [-0.05, 0) is 44.6 Å². The lowest BCUT2D eigenvalue weighted by molar-refractivity contribution is -0.139. The van der Waals surface area contributed by atoms with Gasteiger partial charge in [0.05, 0.1) is 6.42 Å². The lowest BCUT2D eigenvalue weighted by atomic mass is 9.94. The van der Waals surface area contributed by atoms with Crippen molar-refractivity contribution in [3.05, 3.63) is 0 Å². The molecule has 1 saturated heterocycles. The normalized spacial score (nSPS) is 35.1. The maximum absolute atomic E-state index is 11.0. The highest BCUT2D eigenvalue weighted by Gasteiger charge is 2.31. The summed E-state index contributed by atoms with van der Waals surface area (Å²) in [5.41, 5.74) is 0. The lowest BCUT2D eigenvalue weighted by Gasteiger charge is -2.40. The van der Waals surface area contributed by atoms with Crippen molar-refractivity contribution in [1.29, 1.82) is 0 Å². The number of piperidine rings is 1. The number of carboxylic acids is 1. The molecule has 0 amide bonds. The average Bonchev–Trinajstić information content (AvgIpc) is 2.54. The Kier molecular flexibility index (Phi) is 5.04. The first-order valence-corrected chi connectivity index (χ1v) is 7.64. The highest BCUT2D eigenvalue weighted by atomic mass is 16.4. The lowest BCUT2D eigenvalue weighted by Crippen LogP contribution is -2.47. The van der Waals surface area contributed by atoms with Crippen LogP contribution in [0.3, 0.4) is 0 Å². The molecule has 2 aliphatic rings. The number of nitrogens with zero attached hydrogens (tertiary/aromatic N) is 1. The van der Waals surface area contributed by atoms with Crippen molar-refractivity contribution in [2.45, 2.75) is 76.8 Å². The van der Waals surface area contributed by atoms with Crippen LogP contribution in [0.15, 0.2) is 0 Å². The minimum Gasteiger partial charge on any atom is -0.481 e. The van der Waals surface area contributed by atoms with Crippen LogP contribution in [0.4, 0.5) is 0 Å². The van der Waals surface area contributed by atoms with Crippen molar-refractivity contribution in [3.8, 4) is 0 Å². The minimum absolute atomic E-state index is 0.301. The van der Waals surface area contributed by atoms with Gasteiger partial charge in [-0.25, -0.2) is 0 Å². The van der Waals surface area contributed by atoms with E-state index in [-0.39, 0.29) is 0 Å². The Morgan fingerprint density at radius 3 is 2.72 bits per heavy atom. The number of aliphatic carboxylic acids is 1. The molecule has 1 heterocycles. The van der Waals surface area contributed by atoms with Crippen LogP contribution < -0.4 is 0 Å². The predicted octanol–water partition coefficient (Wildman–Crippen LogP) is 3.28. The van der Waals surface area contributed by atoms with Crippen LogP contribution in [0.5, 0.6) is 0 Å². The number of likely N-dealkylation sites (tertiary alicyclic amines) is 1. The van der Waals surface area contributed by atoms with Crippen LogP contribution in [0.1, 0.15) is 64.7 Å². The molecule has 2 rings (SSSR count). The van der Waals surface area contributed by atoms with E-state index in [1.54, 1.807) is 0 Å². The fourth-order valence-corrected chi connectivity index (χ4v) is 3.72. The molecule has 0 radical (unpaired) electrons. The van der Waals surface area contributed by atoms with Crippen LogP contribution in [-0.2, 0) is 4.79 Å². The summed E-state index contributed by atoms with van der Waals surface area (Å²) in [5.74, 6) is 0.228. The number of carbonyl (C=O) groups is 1. The smallest absolute Gasteiger partial charge is 0.304 e. The first kappa shape index (κ1) is 13.9. The van der Waals surface area contributed by atoms with E-state index in [1.807, 2.05) is 0 Å². The molecular weight excluding hydrogens is 226 g/mol. The third-order valence-corrected chi connectivity index (χ3v) is 4.78. The van der Waals surface area contributed by atoms with Crippen molar-refractivity contribution in [2.24, 2.45) is 5.92 Å². The van der Waals surface area contributed by atoms with Gasteiger partial charge in [-0.3, -0.25) is 9.69 Å². The molecule has 0 aromatic rings. The predicted molar refractivity (Wildman–Crippen MR) is 72.6 cm³/mol. The molecule has 1 aliphatic heterocycles. The molecule has 1 aliphatic carbocycles. The molecule has 3 atom stereocenters. The van der Waals surface area contributed by atoms with Crippen molar-refractivity contribution in [2.75, 3.05) is 6.54 Å². The molecule has 0 bridgehead atoms. The van der Waals surface area contributed by atoms with Crippen molar-refractivity contribution < 1.29 is 9.90 Å². The van der Waals surface area contributed by atoms with E-state index in [4.69, 9.17) is 5.11 Å². The Bertz CT molecular complexity index is 280. The molecule has 3 nitrogen and oxygen atoms in total. The molecule has 3 heteroatoms. The largest absolute Gasteiger partial charge is 0.481 e. The van der Waals surface area contributed by atoms with Gasteiger partial charge in [-0.15, -0.1) is 0 Å². The number of hydrogen-bond acceptors (Lipinski definition) is 2. The van der Waals surface area contributed by atoms with Gasteiger partial charge >= 0.3 is 5.97 Å². The quantitative estimate of drug-likeness (QED) is 0.785. The number of rotatable bonds is 3. The zero-order valence-corrected chi connectivity index (χ0v) is 11.6. The minimum atomic E-state index is -0.631. The van der Waals surface area contributed by atoms with Gasteiger partial charge in [-0.1, -0.05) is 26.2 Å². The summed E-state index contributed by atoms with van der Waals surface area (Å²) in [6, 6.07) is 0.953. The van der Waals surface area contributed by atoms with Crippen LogP contribution in [0.2, 0.25) is 0 Å². The highest BCUT2D eigenvalue weighted by Crippen LogP contribution is 2.31. The monoisotopic (exact) mass is 253 g/mol. The van der Waals surface area contributed by atoms with Gasteiger partial charge in [0, 0.05) is 12.1 Å². The average molecular weight is 253 g/mol. The number of hydrogen-bond donors (Lipinski definition) is 1. The highest BCUT2D eigenvalue weighted by molar-refractivity contribution is 5.67. The summed E-state index contributed by atoms with van der Waals surface area (Å²) < 4.78 is 0. The summed E-state index contributed by atoms with van der Waals surface area (Å²) in [4.78, 5) is 13.5. The first-order chi connectivity index (χ1) is 8.66. The molecule has 3 unspecified atom stereocenters. The van der Waals surface area contributed by atoms with Crippen LogP contribution >= 0.6 is 0 Å². The van der Waals surface area contributed by atoms with Gasteiger partial charge < -0.3 is 5.11 Å². The van der Waals surface area contributed by atoms with E-state index in [0.29, 0.717) is 18.5 Å². The molecule has 1 N–H and O–H groups in total. The molecule has 2 fully saturated rings. The van der Waals surface area contributed by atoms with Gasteiger partial charge in [0.25, 0.3) is 0 Å². The summed E-state index contributed by atoms with van der Waals surface area (Å²) in [6.45, 7) is 3.48. The Morgan fingerprint density at radius 2 is 1.94 bits per heavy atom. The Hall–Kier alpha value is -0.570. The van der Waals surface area contributed by atoms with Crippen molar-refractivity contribution >= 4 is 5.97 Å². The topological polar surface area (TPSA) is 40.5 Å². The molecule has 0 spiro atoms. The van der Waals surface area contributed by atoms with Gasteiger partial charge in [0.1, 0.15) is 0 Å². The van der Waals surface area contributed by atoms with E-state index < -0.39 is 5.97 Å². The molecule has 18 heavy (non-hydrogen) atoms. The summed E-state index contributed by atoms with van der Waals surface area (Å²) in [6.07, 6.45) is 10.4. The van der Waals surface area contributed by atoms with Crippen molar-refractivity contribution in [3.63, 3.8) is 0 Å². The third-order valence-electron chi connectivity index (χ3n) is 4.78. The van der Waals surface area contributed by atoms with E-state index in [2.05, 4.69) is 11.8 Å². The summed E-state index contributed by atoms with van der Waals surface area (Å²) in [7, 11) is 0. The Labute approximate surface area is 111 Å². The zero-order valence-electron chi connectivity index (χ0n) is 11.6. The SMILES string of the molecule is CC1CCCC(N2CCCCC2CC(=O)O)CC1. The maximum Gasteiger partial charge on any atom is 0.304 e. The fraction of sp³-hybridized carbons (Fsp3) is 0.933. The van der Waals surface area contributed by atoms with E-state index in [1.165, 1.54) is 44.9 Å². The summed E-state index contributed by atoms with van der Waals surface area (Å²) >= 11 is 0. The Balaban J connectivity index is 1.96. The van der Waals surface area contributed by atoms with Gasteiger partial charge in [0.15, 0.2) is 0 Å². The van der Waals surface area contributed by atoms with Crippen LogP contribution in [0, 0.1) is 5.92 Å². The molecule has 1 saturated carbocycles. The molecule has 0 aromatic heterocycles. The molecule has 104 valence electrons. The van der Waals surface area contributed by atoms with E-state index in [0.717, 1.165) is 18.9 Å². The van der Waals surface area contributed by atoms with Crippen LogP contribution in [-0.4, -0.2) is 34.6 Å². The number of carboxylic acid groups (broad SMARTS) is 1. The van der Waals surface area contributed by atoms with E-state index >= 15 is 0 Å². The second kappa shape index (κ2) is 6.55. The van der Waals surface area contributed by atoms with E-state index in [9.17, 15) is 4.79 Å².